The van der Waals surface area contributed by atoms with Crippen LogP contribution >= 0.6 is 33.2 Å². The number of allylic oxidation sites excluding steroid dienone is 4. The number of fused-ring (bicyclic) bond motifs is 8. The Balaban J connectivity index is 0.000000354. The molecule has 0 aromatic heterocycles. The molecule has 0 bridgehead atoms. The Morgan fingerprint density at radius 3 is 1.36 bits per heavy atom. The van der Waals surface area contributed by atoms with Crippen LogP contribution in [0.1, 0.15) is 90.3 Å². The second-order valence-electron chi connectivity index (χ2n) is 16.8. The van der Waals surface area contributed by atoms with Gasteiger partial charge >= 0.3 is 305 Å². The molecule has 10 heteroatoms. The summed E-state index contributed by atoms with van der Waals surface area (Å²) >= 11 is 15.8. The van der Waals surface area contributed by atoms with Crippen molar-refractivity contribution in [2.75, 3.05) is 0 Å². The number of benzene rings is 6. The minimum atomic E-state index is -2.87. The fourth-order valence-corrected chi connectivity index (χ4v) is 17.9. The molecule has 0 saturated carbocycles. The molecule has 6 aromatic carbocycles. The molecule has 6 aromatic rings. The number of unbranched alkanes of at least 4 members (excludes halogenated alkanes) is 1. The van der Waals surface area contributed by atoms with Crippen molar-refractivity contribution in [3.63, 3.8) is 0 Å². The first-order chi connectivity index (χ1) is 28.3. The molecular weight excluding hydrogens is 969 g/mol. The summed E-state index contributed by atoms with van der Waals surface area (Å²) in [6.45, 7) is 6.23. The summed E-state index contributed by atoms with van der Waals surface area (Å²) in [4.78, 5) is 18.1. The van der Waals surface area contributed by atoms with Crippen molar-refractivity contribution in [3.8, 4) is 0 Å². The van der Waals surface area contributed by atoms with Crippen molar-refractivity contribution in [3.05, 3.63) is 188 Å². The molecule has 0 fully saturated rings. The SMILES string of the molecule is CC1=Cc2c(ccc3ccccc23)C1C1=Cc2ccccc2[CH]1[Zr+2][CH]1C(C2C(C)=Cc3c2ccc2ccccc32)=Cc2ccccc21.C[Si](O)(O)CCCC[Si](Cl)(Cl)Cl.[Cl-].[Cl-]. The zero-order valence-corrected chi connectivity index (χ0v) is 42.5. The fraction of sp³-hybridized carbons (Fsp3) is 0.216. The molecule has 4 unspecified atom stereocenters. The maximum atomic E-state index is 9.05. The van der Waals surface area contributed by atoms with E-state index in [1.54, 1.807) is 22.3 Å². The maximum absolute atomic E-state index is 9.05. The summed E-state index contributed by atoms with van der Waals surface area (Å²) in [6.07, 6.45) is 11.6. The van der Waals surface area contributed by atoms with Gasteiger partial charge in [0.25, 0.3) is 0 Å². The van der Waals surface area contributed by atoms with Crippen molar-refractivity contribution in [2.24, 2.45) is 0 Å². The summed E-state index contributed by atoms with van der Waals surface area (Å²) in [7, 11) is -2.87. The van der Waals surface area contributed by atoms with Crippen LogP contribution in [0, 0.1) is 0 Å². The zero-order chi connectivity index (χ0) is 41.1. The van der Waals surface area contributed by atoms with Gasteiger partial charge in [0, 0.05) is 0 Å². The molecule has 4 aliphatic carbocycles. The number of hydrogen-bond acceptors (Lipinski definition) is 2. The smallest absolute Gasteiger partial charge is 0.341 e. The van der Waals surface area contributed by atoms with Crippen molar-refractivity contribution in [1.29, 1.82) is 0 Å². The van der Waals surface area contributed by atoms with Crippen LogP contribution in [0.5, 0.6) is 0 Å². The van der Waals surface area contributed by atoms with Crippen LogP contribution in [-0.2, 0) is 23.2 Å². The standard InChI is InChI=1S/2C23H17.C5H13Cl3O2Si2.2ClH.Zr/c2*1-15-12-22-20-9-5-4-6-16(20)10-11-21(22)23(15)19-13-17-7-2-3-8-18(17)14-19;1-11(9,10)4-2-3-5-12(6,7)8;;;/h2*2-14,23H,1H3;9-10H,2-5H2,1H3;2*1H;/q;;;;;+2/p-2. The molecule has 0 saturated heterocycles. The largest absolute Gasteiger partial charge is 1.00 e. The molecule has 0 radical (unpaired) electrons. The van der Waals surface area contributed by atoms with E-state index in [1.807, 2.05) is 0 Å². The Morgan fingerprint density at radius 1 is 0.508 bits per heavy atom. The summed E-state index contributed by atoms with van der Waals surface area (Å²) in [5, 5.41) is 5.42. The van der Waals surface area contributed by atoms with E-state index in [9.17, 15) is 0 Å². The van der Waals surface area contributed by atoms with E-state index in [0.717, 1.165) is 12.8 Å². The van der Waals surface area contributed by atoms with Gasteiger partial charge in [0.1, 0.15) is 0 Å². The Labute approximate surface area is 400 Å². The quantitative estimate of drug-likeness (QED) is 0.0867. The van der Waals surface area contributed by atoms with Crippen LogP contribution in [-0.4, -0.2) is 24.2 Å². The average Bonchev–Trinajstić information content (AvgIpc) is 3.95. The van der Waals surface area contributed by atoms with Crippen molar-refractivity contribution >= 4 is 93.7 Å². The number of hydrogen-bond donors (Lipinski definition) is 2. The van der Waals surface area contributed by atoms with E-state index in [0.29, 0.717) is 31.2 Å². The van der Waals surface area contributed by atoms with Gasteiger partial charge in [-0.3, -0.25) is 0 Å². The third kappa shape index (κ3) is 9.50. The maximum Gasteiger partial charge on any atom is 0.341 e. The molecule has 2 nitrogen and oxygen atoms in total. The minimum absolute atomic E-state index is 0. The van der Waals surface area contributed by atoms with Gasteiger partial charge in [0.15, 0.2) is 0 Å². The van der Waals surface area contributed by atoms with E-state index < -0.39 is 37.8 Å². The van der Waals surface area contributed by atoms with Gasteiger partial charge in [0.2, 0.25) is 0 Å². The number of halogens is 5. The van der Waals surface area contributed by atoms with Gasteiger partial charge < -0.3 is 34.4 Å². The normalized spacial score (nSPS) is 19.5. The third-order valence-corrected chi connectivity index (χ3v) is 21.3. The Kier molecular flexibility index (Phi) is 14.4. The van der Waals surface area contributed by atoms with Crippen LogP contribution in [0.25, 0.3) is 45.8 Å². The second-order valence-corrected chi connectivity index (χ2v) is 32.7. The summed E-state index contributed by atoms with van der Waals surface area (Å²) in [5.41, 5.74) is 18.0. The average molecular weight is 1020 g/mol. The van der Waals surface area contributed by atoms with Gasteiger partial charge in [-0.2, -0.15) is 0 Å². The van der Waals surface area contributed by atoms with E-state index in [1.165, 1.54) is 72.6 Å². The second kappa shape index (κ2) is 18.9. The van der Waals surface area contributed by atoms with Gasteiger partial charge in [-0.15, -0.1) is 33.2 Å². The molecule has 0 aliphatic heterocycles. The molecule has 61 heavy (non-hydrogen) atoms. The molecule has 0 spiro atoms. The molecule has 2 N–H and O–H groups in total. The van der Waals surface area contributed by atoms with Gasteiger partial charge in [-0.05, 0) is 18.6 Å². The third-order valence-electron chi connectivity index (χ3n) is 12.6. The van der Waals surface area contributed by atoms with Gasteiger partial charge in [-0.25, -0.2) is 0 Å². The minimum Gasteiger partial charge on any atom is -1.00 e. The first-order valence-corrected chi connectivity index (χ1v) is 31.3. The Morgan fingerprint density at radius 2 is 0.918 bits per heavy atom. The summed E-state index contributed by atoms with van der Waals surface area (Å²) in [6, 6.07) is 44.5. The van der Waals surface area contributed by atoms with Crippen LogP contribution in [0.15, 0.2) is 144 Å². The molecule has 4 aliphatic rings. The zero-order valence-electron chi connectivity index (χ0n) is 34.3. The molecule has 0 amide bonds. The first-order valence-electron chi connectivity index (χ1n) is 20.6. The van der Waals surface area contributed by atoms with E-state index in [4.69, 9.17) is 42.8 Å². The van der Waals surface area contributed by atoms with Gasteiger partial charge in [0.05, 0.1) is 0 Å². The Hall–Kier alpha value is -2.51. The monoisotopic (exact) mass is 1010 g/mol. The predicted octanol–water partition coefficient (Wildman–Crippen LogP) is 8.54. The van der Waals surface area contributed by atoms with E-state index in [2.05, 4.69) is 159 Å². The van der Waals surface area contributed by atoms with Crippen LogP contribution in [0.2, 0.25) is 18.6 Å². The van der Waals surface area contributed by atoms with Crippen molar-refractivity contribution < 1.29 is 57.6 Å². The van der Waals surface area contributed by atoms with Crippen molar-refractivity contribution in [2.45, 2.75) is 64.4 Å². The summed E-state index contributed by atoms with van der Waals surface area (Å²) < 4.78 is 1.03. The summed E-state index contributed by atoms with van der Waals surface area (Å²) in [5.74, 6) is 0.689. The van der Waals surface area contributed by atoms with Crippen molar-refractivity contribution in [1.82, 2.24) is 0 Å². The van der Waals surface area contributed by atoms with Crippen LogP contribution in [0.4, 0.5) is 0 Å². The molecule has 4 atom stereocenters. The first kappa shape index (κ1) is 46.5. The topological polar surface area (TPSA) is 40.5 Å². The fourth-order valence-electron chi connectivity index (χ4n) is 9.97. The van der Waals surface area contributed by atoms with E-state index >= 15 is 0 Å². The molecule has 10 rings (SSSR count). The van der Waals surface area contributed by atoms with Crippen LogP contribution < -0.4 is 24.8 Å². The molecular formula is C51H47Cl5O2Si2Zr. The Bertz CT molecular complexity index is 2560. The predicted molar refractivity (Wildman–Crippen MR) is 253 cm³/mol. The van der Waals surface area contributed by atoms with E-state index in [-0.39, 0.29) is 24.8 Å². The number of rotatable bonds is 9. The molecule has 0 heterocycles. The van der Waals surface area contributed by atoms with Gasteiger partial charge in [-0.1, -0.05) is 12.8 Å². The molecule has 310 valence electrons. The van der Waals surface area contributed by atoms with Crippen LogP contribution in [0.3, 0.4) is 0 Å².